The number of hydrogen-bond acceptors (Lipinski definition) is 6. The van der Waals surface area contributed by atoms with Crippen molar-refractivity contribution in [3.05, 3.63) is 0 Å². The van der Waals surface area contributed by atoms with Crippen LogP contribution in [0, 0.1) is 0 Å². The maximum absolute atomic E-state index is 9.07. The molecule has 0 rings (SSSR count). The second kappa shape index (κ2) is 15.3. The minimum absolute atomic E-state index is 0.162. The normalized spacial score (nSPS) is 12.3. The van der Waals surface area contributed by atoms with E-state index in [2.05, 4.69) is 47.8 Å². The third-order valence-corrected chi connectivity index (χ3v) is 3.94. The van der Waals surface area contributed by atoms with Crippen molar-refractivity contribution in [2.75, 3.05) is 93.8 Å². The van der Waals surface area contributed by atoms with Gasteiger partial charge < -0.3 is 24.9 Å². The van der Waals surface area contributed by atoms with Crippen molar-refractivity contribution in [2.24, 2.45) is 0 Å². The molecule has 0 fully saturated rings. The van der Waals surface area contributed by atoms with Gasteiger partial charge in [-0.15, -0.1) is 0 Å². The topological polar surface area (TPSA) is 53.4 Å². The Kier molecular flexibility index (Phi) is 15.1. The molecule has 0 aliphatic rings. The second-order valence-electron chi connectivity index (χ2n) is 6.80. The van der Waals surface area contributed by atoms with Crippen LogP contribution in [-0.2, 0) is 0 Å². The molecule has 0 atom stereocenters. The van der Waals surface area contributed by atoms with Crippen LogP contribution in [-0.4, -0.2) is 124 Å². The fourth-order valence-corrected chi connectivity index (χ4v) is 2.69. The Morgan fingerprint density at radius 2 is 0.783 bits per heavy atom. The first-order valence-corrected chi connectivity index (χ1v) is 8.95. The number of rotatable bonds is 16. The lowest BCUT2D eigenvalue weighted by Crippen LogP contribution is -2.35. The lowest BCUT2D eigenvalue weighted by molar-refractivity contribution is 0.151. The summed E-state index contributed by atoms with van der Waals surface area (Å²) in [6.07, 6.45) is 3.49. The predicted octanol–water partition coefficient (Wildman–Crippen LogP) is -0.131. The molecule has 0 heterocycles. The number of aliphatic hydroxyl groups is 2. The van der Waals surface area contributed by atoms with E-state index in [1.807, 2.05) is 0 Å². The molecule has 0 aliphatic carbocycles. The van der Waals surface area contributed by atoms with E-state index in [4.69, 9.17) is 10.2 Å². The summed E-state index contributed by atoms with van der Waals surface area (Å²) in [6.45, 7) is 8.22. The molecule has 0 radical (unpaired) electrons. The van der Waals surface area contributed by atoms with E-state index >= 15 is 0 Å². The summed E-state index contributed by atoms with van der Waals surface area (Å²) < 4.78 is 0. The van der Waals surface area contributed by atoms with Gasteiger partial charge in [0, 0.05) is 13.1 Å². The number of nitrogens with zero attached hydrogens (tertiary/aromatic N) is 4. The van der Waals surface area contributed by atoms with Gasteiger partial charge in [-0.2, -0.15) is 0 Å². The monoisotopic (exact) mass is 332 g/mol. The molecule has 0 spiro atoms. The van der Waals surface area contributed by atoms with Gasteiger partial charge in [-0.05, 0) is 86.7 Å². The Hall–Kier alpha value is -0.240. The Bertz CT molecular complexity index is 233. The molecule has 0 aromatic carbocycles. The molecule has 0 bridgehead atoms. The minimum Gasteiger partial charge on any atom is -0.395 e. The Balaban J connectivity index is 4.10. The van der Waals surface area contributed by atoms with Crippen molar-refractivity contribution in [2.45, 2.75) is 19.3 Å². The SMILES string of the molecule is CN(C)CCCN(CCCN(C)C)CCCN(CCO)CCO. The molecule has 140 valence electrons. The summed E-state index contributed by atoms with van der Waals surface area (Å²) in [5.74, 6) is 0. The highest BCUT2D eigenvalue weighted by Crippen LogP contribution is 2.00. The molecule has 0 amide bonds. The molecule has 2 N–H and O–H groups in total. The average Bonchev–Trinajstić information content (AvgIpc) is 2.46. The molecule has 23 heavy (non-hydrogen) atoms. The zero-order valence-corrected chi connectivity index (χ0v) is 15.9. The molecule has 0 aliphatic heterocycles. The van der Waals surface area contributed by atoms with Crippen molar-refractivity contribution in [1.29, 1.82) is 0 Å². The summed E-state index contributed by atoms with van der Waals surface area (Å²) in [4.78, 5) is 9.17. The highest BCUT2D eigenvalue weighted by atomic mass is 16.3. The van der Waals surface area contributed by atoms with Gasteiger partial charge in [0.1, 0.15) is 0 Å². The van der Waals surface area contributed by atoms with Crippen LogP contribution in [0.5, 0.6) is 0 Å². The lowest BCUT2D eigenvalue weighted by Gasteiger charge is -2.26. The standard InChI is InChI=1S/C17H40N4O2/c1-18(2)8-5-10-20(11-6-9-19(3)4)12-7-13-21(14-16-22)15-17-23/h22-23H,5-17H2,1-4H3. The lowest BCUT2D eigenvalue weighted by atomic mass is 10.2. The van der Waals surface area contributed by atoms with E-state index < -0.39 is 0 Å². The van der Waals surface area contributed by atoms with Gasteiger partial charge in [-0.3, -0.25) is 4.90 Å². The van der Waals surface area contributed by atoms with Gasteiger partial charge in [0.15, 0.2) is 0 Å². The van der Waals surface area contributed by atoms with E-state index in [9.17, 15) is 0 Å². The van der Waals surface area contributed by atoms with Gasteiger partial charge in [0.05, 0.1) is 13.2 Å². The van der Waals surface area contributed by atoms with Crippen molar-refractivity contribution in [1.82, 2.24) is 19.6 Å². The zero-order chi connectivity index (χ0) is 17.5. The highest BCUT2D eigenvalue weighted by molar-refractivity contribution is 4.64. The zero-order valence-electron chi connectivity index (χ0n) is 15.9. The van der Waals surface area contributed by atoms with E-state index in [0.717, 1.165) is 45.7 Å². The highest BCUT2D eigenvalue weighted by Gasteiger charge is 2.08. The number of hydrogen-bond donors (Lipinski definition) is 2. The van der Waals surface area contributed by atoms with Gasteiger partial charge in [0.2, 0.25) is 0 Å². The molecule has 0 saturated carbocycles. The minimum atomic E-state index is 0.162. The first-order chi connectivity index (χ1) is 11.0. The van der Waals surface area contributed by atoms with Crippen LogP contribution in [0.2, 0.25) is 0 Å². The fourth-order valence-electron chi connectivity index (χ4n) is 2.69. The summed E-state index contributed by atoms with van der Waals surface area (Å²) >= 11 is 0. The molecule has 0 saturated heterocycles. The van der Waals surface area contributed by atoms with Crippen molar-refractivity contribution in [3.8, 4) is 0 Å². The first-order valence-electron chi connectivity index (χ1n) is 8.95. The summed E-state index contributed by atoms with van der Waals surface area (Å²) in [6, 6.07) is 0. The average molecular weight is 333 g/mol. The third kappa shape index (κ3) is 15.1. The van der Waals surface area contributed by atoms with Crippen LogP contribution in [0.4, 0.5) is 0 Å². The maximum Gasteiger partial charge on any atom is 0.0558 e. The predicted molar refractivity (Wildman–Crippen MR) is 98.0 cm³/mol. The first kappa shape index (κ1) is 22.8. The molecular formula is C17H40N4O2. The Morgan fingerprint density at radius 1 is 0.478 bits per heavy atom. The summed E-state index contributed by atoms with van der Waals surface area (Å²) in [5, 5.41) is 18.1. The van der Waals surface area contributed by atoms with Crippen molar-refractivity contribution >= 4 is 0 Å². The van der Waals surface area contributed by atoms with Gasteiger partial charge in [-0.25, -0.2) is 0 Å². The molecular weight excluding hydrogens is 292 g/mol. The molecule has 0 aromatic rings. The van der Waals surface area contributed by atoms with Crippen LogP contribution < -0.4 is 0 Å². The van der Waals surface area contributed by atoms with Gasteiger partial charge in [0.25, 0.3) is 0 Å². The van der Waals surface area contributed by atoms with Crippen LogP contribution in [0.25, 0.3) is 0 Å². The van der Waals surface area contributed by atoms with E-state index in [1.165, 1.54) is 12.8 Å². The van der Waals surface area contributed by atoms with Crippen LogP contribution >= 0.6 is 0 Å². The Morgan fingerprint density at radius 3 is 1.09 bits per heavy atom. The molecule has 0 aromatic heterocycles. The van der Waals surface area contributed by atoms with Crippen LogP contribution in [0.1, 0.15) is 19.3 Å². The van der Waals surface area contributed by atoms with E-state index in [1.54, 1.807) is 0 Å². The quantitative estimate of drug-likeness (QED) is 0.411. The maximum atomic E-state index is 9.07. The summed E-state index contributed by atoms with van der Waals surface area (Å²) in [5.41, 5.74) is 0. The van der Waals surface area contributed by atoms with Gasteiger partial charge in [-0.1, -0.05) is 0 Å². The van der Waals surface area contributed by atoms with Crippen LogP contribution in [0.3, 0.4) is 0 Å². The number of aliphatic hydroxyl groups excluding tert-OH is 2. The third-order valence-electron chi connectivity index (χ3n) is 3.94. The second-order valence-corrected chi connectivity index (χ2v) is 6.80. The molecule has 6 nitrogen and oxygen atoms in total. The van der Waals surface area contributed by atoms with Gasteiger partial charge >= 0.3 is 0 Å². The summed E-state index contributed by atoms with van der Waals surface area (Å²) in [7, 11) is 8.49. The fraction of sp³-hybridized carbons (Fsp3) is 1.00. The van der Waals surface area contributed by atoms with E-state index in [0.29, 0.717) is 13.1 Å². The smallest absolute Gasteiger partial charge is 0.0558 e. The Labute approximate surface area is 143 Å². The van der Waals surface area contributed by atoms with E-state index in [-0.39, 0.29) is 13.2 Å². The molecule has 6 heteroatoms. The molecule has 0 unspecified atom stereocenters. The largest absolute Gasteiger partial charge is 0.395 e. The van der Waals surface area contributed by atoms with Crippen molar-refractivity contribution < 1.29 is 10.2 Å². The van der Waals surface area contributed by atoms with Crippen molar-refractivity contribution in [3.63, 3.8) is 0 Å². The van der Waals surface area contributed by atoms with Crippen LogP contribution in [0.15, 0.2) is 0 Å².